The Labute approximate surface area is 97.7 Å². The zero-order valence-corrected chi connectivity index (χ0v) is 10.6. The molecule has 0 bridgehead atoms. The first kappa shape index (κ1) is 12.3. The largest absolute Gasteiger partial charge is 0.383 e. The first-order chi connectivity index (χ1) is 7.61. The summed E-state index contributed by atoms with van der Waals surface area (Å²) in [4.78, 5) is 0. The van der Waals surface area contributed by atoms with Crippen molar-refractivity contribution in [3.63, 3.8) is 0 Å². The Balaban J connectivity index is 1.80. The Bertz CT molecular complexity index is 310. The van der Waals surface area contributed by atoms with Gasteiger partial charge in [0.05, 0.1) is 18.1 Å². The highest BCUT2D eigenvalue weighted by Crippen LogP contribution is 2.33. The number of methoxy groups -OCH3 is 1. The maximum atomic E-state index is 11.3. The molecule has 4 nitrogen and oxygen atoms in total. The Kier molecular flexibility index (Phi) is 3.87. The molecule has 1 aliphatic carbocycles. The van der Waals surface area contributed by atoms with E-state index in [9.17, 15) is 8.42 Å². The average Bonchev–Trinajstić information content (AvgIpc) is 3.04. The molecule has 1 N–H and O–H groups in total. The van der Waals surface area contributed by atoms with Gasteiger partial charge < -0.3 is 10.1 Å². The molecule has 0 amide bonds. The Hall–Kier alpha value is -0.130. The molecule has 0 aromatic heterocycles. The van der Waals surface area contributed by atoms with Crippen LogP contribution in [0.1, 0.15) is 25.7 Å². The van der Waals surface area contributed by atoms with Gasteiger partial charge in [0.1, 0.15) is 9.84 Å². The zero-order valence-electron chi connectivity index (χ0n) is 9.81. The molecular weight excluding hydrogens is 226 g/mol. The highest BCUT2D eigenvalue weighted by atomic mass is 32.2. The van der Waals surface area contributed by atoms with Crippen LogP contribution in [-0.2, 0) is 14.6 Å². The van der Waals surface area contributed by atoms with E-state index in [1.165, 1.54) is 12.8 Å². The zero-order chi connectivity index (χ0) is 11.6. The average molecular weight is 247 g/mol. The van der Waals surface area contributed by atoms with Crippen LogP contribution in [0.25, 0.3) is 0 Å². The summed E-state index contributed by atoms with van der Waals surface area (Å²) in [5.74, 6) is 1.43. The second kappa shape index (κ2) is 5.02. The topological polar surface area (TPSA) is 55.4 Å². The molecule has 2 rings (SSSR count). The van der Waals surface area contributed by atoms with Gasteiger partial charge >= 0.3 is 0 Å². The minimum atomic E-state index is -2.74. The standard InChI is InChI=1S/C11H21NO3S/c1-15-8-11(9-2-3-9)12-10-4-6-16(13,14)7-5-10/h9-12H,2-8H2,1H3. The van der Waals surface area contributed by atoms with Crippen LogP contribution in [0, 0.1) is 5.92 Å². The van der Waals surface area contributed by atoms with E-state index in [0.717, 1.165) is 25.4 Å². The van der Waals surface area contributed by atoms with Crippen LogP contribution >= 0.6 is 0 Å². The van der Waals surface area contributed by atoms with E-state index in [1.807, 2.05) is 0 Å². The maximum Gasteiger partial charge on any atom is 0.150 e. The van der Waals surface area contributed by atoms with Crippen LogP contribution in [0.15, 0.2) is 0 Å². The minimum Gasteiger partial charge on any atom is -0.383 e. The summed E-state index contributed by atoms with van der Waals surface area (Å²) in [5.41, 5.74) is 0. The monoisotopic (exact) mass is 247 g/mol. The summed E-state index contributed by atoms with van der Waals surface area (Å²) in [7, 11) is -1.02. The van der Waals surface area contributed by atoms with Crippen molar-refractivity contribution < 1.29 is 13.2 Å². The lowest BCUT2D eigenvalue weighted by Crippen LogP contribution is -2.46. The number of hydrogen-bond donors (Lipinski definition) is 1. The van der Waals surface area contributed by atoms with Crippen molar-refractivity contribution in [1.82, 2.24) is 5.32 Å². The first-order valence-electron chi connectivity index (χ1n) is 6.06. The van der Waals surface area contributed by atoms with E-state index < -0.39 is 9.84 Å². The molecule has 1 saturated carbocycles. The van der Waals surface area contributed by atoms with Crippen LogP contribution in [-0.4, -0.2) is 45.7 Å². The first-order valence-corrected chi connectivity index (χ1v) is 7.88. The maximum absolute atomic E-state index is 11.3. The molecule has 1 aliphatic heterocycles. The summed E-state index contributed by atoms with van der Waals surface area (Å²) in [6.45, 7) is 0.744. The molecule has 5 heteroatoms. The van der Waals surface area contributed by atoms with Gasteiger partial charge in [-0.05, 0) is 31.6 Å². The van der Waals surface area contributed by atoms with Crippen molar-refractivity contribution in [2.24, 2.45) is 5.92 Å². The lowest BCUT2D eigenvalue weighted by molar-refractivity contribution is 0.150. The van der Waals surface area contributed by atoms with Crippen molar-refractivity contribution in [2.45, 2.75) is 37.8 Å². The van der Waals surface area contributed by atoms with E-state index in [0.29, 0.717) is 23.6 Å². The highest BCUT2D eigenvalue weighted by molar-refractivity contribution is 7.91. The summed E-state index contributed by atoms with van der Waals surface area (Å²) in [5, 5.41) is 3.57. The molecule has 16 heavy (non-hydrogen) atoms. The van der Waals surface area contributed by atoms with Crippen LogP contribution < -0.4 is 5.32 Å². The van der Waals surface area contributed by atoms with Crippen molar-refractivity contribution in [2.75, 3.05) is 25.2 Å². The molecule has 1 unspecified atom stereocenters. The number of nitrogens with one attached hydrogen (secondary N) is 1. The van der Waals surface area contributed by atoms with Gasteiger partial charge in [0, 0.05) is 19.2 Å². The summed E-state index contributed by atoms with van der Waals surface area (Å²) >= 11 is 0. The fourth-order valence-electron chi connectivity index (χ4n) is 2.36. The van der Waals surface area contributed by atoms with Gasteiger partial charge in [0.25, 0.3) is 0 Å². The predicted molar refractivity (Wildman–Crippen MR) is 63.2 cm³/mol. The summed E-state index contributed by atoms with van der Waals surface area (Å²) in [6.07, 6.45) is 4.09. The molecule has 0 radical (unpaired) electrons. The lowest BCUT2D eigenvalue weighted by Gasteiger charge is -2.28. The molecule has 2 fully saturated rings. The van der Waals surface area contributed by atoms with E-state index >= 15 is 0 Å². The lowest BCUT2D eigenvalue weighted by atomic mass is 10.1. The highest BCUT2D eigenvalue weighted by Gasteiger charge is 2.33. The Morgan fingerprint density at radius 3 is 2.38 bits per heavy atom. The normalized spacial score (nSPS) is 27.8. The van der Waals surface area contributed by atoms with Gasteiger partial charge in [-0.2, -0.15) is 0 Å². The van der Waals surface area contributed by atoms with Crippen LogP contribution in [0.3, 0.4) is 0 Å². The van der Waals surface area contributed by atoms with E-state index in [-0.39, 0.29) is 0 Å². The van der Waals surface area contributed by atoms with Gasteiger partial charge in [-0.1, -0.05) is 0 Å². The number of ether oxygens (including phenoxy) is 1. The summed E-state index contributed by atoms with van der Waals surface area (Å²) in [6, 6.07) is 0.792. The van der Waals surface area contributed by atoms with Crippen LogP contribution in [0.4, 0.5) is 0 Å². The fourth-order valence-corrected chi connectivity index (χ4v) is 3.85. The van der Waals surface area contributed by atoms with Gasteiger partial charge in [-0.25, -0.2) is 8.42 Å². The number of sulfone groups is 1. The molecule has 1 atom stereocenters. The van der Waals surface area contributed by atoms with Gasteiger partial charge in [-0.3, -0.25) is 0 Å². The van der Waals surface area contributed by atoms with E-state index in [4.69, 9.17) is 4.74 Å². The second-order valence-corrected chi connectivity index (χ2v) is 7.30. The van der Waals surface area contributed by atoms with Crippen molar-refractivity contribution in [3.05, 3.63) is 0 Å². The van der Waals surface area contributed by atoms with Gasteiger partial charge in [0.2, 0.25) is 0 Å². The minimum absolute atomic E-state index is 0.342. The van der Waals surface area contributed by atoms with Crippen LogP contribution in [0.2, 0.25) is 0 Å². The Morgan fingerprint density at radius 2 is 1.88 bits per heavy atom. The number of hydrogen-bond acceptors (Lipinski definition) is 4. The molecular formula is C11H21NO3S. The molecule has 94 valence electrons. The SMILES string of the molecule is COCC(NC1CCS(=O)(=O)CC1)C1CC1. The molecule has 0 spiro atoms. The summed E-state index contributed by atoms with van der Waals surface area (Å²) < 4.78 is 27.8. The smallest absolute Gasteiger partial charge is 0.150 e. The third kappa shape index (κ3) is 3.43. The van der Waals surface area contributed by atoms with Crippen molar-refractivity contribution in [3.8, 4) is 0 Å². The van der Waals surface area contributed by atoms with Crippen molar-refractivity contribution in [1.29, 1.82) is 0 Å². The third-order valence-corrected chi connectivity index (χ3v) is 5.26. The molecule has 1 saturated heterocycles. The van der Waals surface area contributed by atoms with E-state index in [1.54, 1.807) is 7.11 Å². The Morgan fingerprint density at radius 1 is 1.25 bits per heavy atom. The second-order valence-electron chi connectivity index (χ2n) is 4.99. The molecule has 0 aromatic rings. The van der Waals surface area contributed by atoms with Gasteiger partial charge in [-0.15, -0.1) is 0 Å². The molecule has 0 aromatic carbocycles. The van der Waals surface area contributed by atoms with Gasteiger partial charge in [0.15, 0.2) is 0 Å². The molecule has 2 aliphatic rings. The van der Waals surface area contributed by atoms with E-state index in [2.05, 4.69) is 5.32 Å². The number of rotatable bonds is 5. The molecule has 1 heterocycles. The van der Waals surface area contributed by atoms with Crippen molar-refractivity contribution >= 4 is 9.84 Å². The fraction of sp³-hybridized carbons (Fsp3) is 1.00. The van der Waals surface area contributed by atoms with Crippen LogP contribution in [0.5, 0.6) is 0 Å². The quantitative estimate of drug-likeness (QED) is 0.772. The third-order valence-electron chi connectivity index (χ3n) is 3.54. The predicted octanol–water partition coefficient (Wildman–Crippen LogP) is 0.578.